The van der Waals surface area contributed by atoms with Crippen LogP contribution in [0, 0.1) is 0 Å². The fraction of sp³-hybridized carbons (Fsp3) is 0.400. The van der Waals surface area contributed by atoms with Crippen LogP contribution in [0.3, 0.4) is 0 Å². The van der Waals surface area contributed by atoms with Crippen molar-refractivity contribution in [1.82, 2.24) is 25.6 Å². The van der Waals surface area contributed by atoms with Gasteiger partial charge in [-0.1, -0.05) is 28.9 Å². The number of aryl methyl sites for hydroxylation is 1. The molecule has 1 aliphatic heterocycles. The molecule has 1 amide bonds. The van der Waals surface area contributed by atoms with Gasteiger partial charge < -0.3 is 15.4 Å². The van der Waals surface area contributed by atoms with E-state index < -0.39 is 0 Å². The van der Waals surface area contributed by atoms with Crippen molar-refractivity contribution in [2.45, 2.75) is 57.7 Å². The highest BCUT2D eigenvalue weighted by molar-refractivity contribution is 6.32. The van der Waals surface area contributed by atoms with E-state index in [2.05, 4.69) is 48.6 Å². The quantitative estimate of drug-likeness (QED) is 0.553. The average Bonchev–Trinajstić information content (AvgIpc) is 3.13. The summed E-state index contributed by atoms with van der Waals surface area (Å²) in [6.07, 6.45) is 3.53. The summed E-state index contributed by atoms with van der Waals surface area (Å²) in [5, 5.41) is 15.3. The van der Waals surface area contributed by atoms with Crippen LogP contribution < -0.4 is 15.4 Å². The molecule has 2 aromatic carbocycles. The summed E-state index contributed by atoms with van der Waals surface area (Å²) in [6.45, 7) is 8.65. The van der Waals surface area contributed by atoms with Gasteiger partial charge in [0.25, 0.3) is 5.91 Å². The van der Waals surface area contributed by atoms with E-state index in [-0.39, 0.29) is 23.0 Å². The molecule has 0 aliphatic carbocycles. The number of carbonyl (C=O) groups is 1. The third-order valence-corrected chi connectivity index (χ3v) is 6.00. The third-order valence-electron chi connectivity index (χ3n) is 5.71. The monoisotopic (exact) mass is 467 g/mol. The molecule has 8 heteroatoms. The van der Waals surface area contributed by atoms with E-state index in [1.54, 1.807) is 22.9 Å². The van der Waals surface area contributed by atoms with Gasteiger partial charge in [0.2, 0.25) is 0 Å². The maximum absolute atomic E-state index is 12.9. The number of halogens is 1. The Hall–Kier alpha value is -2.90. The maximum Gasteiger partial charge on any atom is 0.251 e. The number of hydrogen-bond acceptors (Lipinski definition) is 5. The molecule has 0 bridgehead atoms. The molecule has 2 N–H and O–H groups in total. The van der Waals surface area contributed by atoms with E-state index in [0.717, 1.165) is 18.4 Å². The number of piperidine rings is 1. The largest absolute Gasteiger partial charge is 0.455 e. The second-order valence-corrected chi connectivity index (χ2v) is 10.4. The molecule has 1 aliphatic rings. The van der Waals surface area contributed by atoms with Crippen LogP contribution in [0.1, 0.15) is 50.9 Å². The van der Waals surface area contributed by atoms with E-state index in [9.17, 15) is 4.79 Å². The first-order valence-corrected chi connectivity index (χ1v) is 11.4. The zero-order valence-corrected chi connectivity index (χ0v) is 20.4. The van der Waals surface area contributed by atoms with Crippen molar-refractivity contribution in [3.63, 3.8) is 0 Å². The minimum absolute atomic E-state index is 0.0500. The Balaban J connectivity index is 1.50. The van der Waals surface area contributed by atoms with Crippen LogP contribution in [0.15, 0.2) is 48.7 Å². The number of ether oxygens (including phenoxy) is 1. The Morgan fingerprint density at radius 2 is 1.82 bits per heavy atom. The number of carbonyl (C=O) groups excluding carboxylic acids is 1. The molecule has 3 aromatic rings. The Labute approximate surface area is 199 Å². The van der Waals surface area contributed by atoms with Crippen molar-refractivity contribution >= 4 is 17.5 Å². The molecule has 0 radical (unpaired) electrons. The Morgan fingerprint density at radius 1 is 1.12 bits per heavy atom. The predicted octanol–water partition coefficient (Wildman–Crippen LogP) is 4.97. The molecular formula is C25H30ClN5O2. The van der Waals surface area contributed by atoms with Gasteiger partial charge in [0, 0.05) is 35.3 Å². The van der Waals surface area contributed by atoms with Crippen LogP contribution >= 0.6 is 11.6 Å². The number of para-hydroxylation sites is 1. The van der Waals surface area contributed by atoms with Crippen molar-refractivity contribution < 1.29 is 9.53 Å². The molecule has 1 aromatic heterocycles. The number of benzene rings is 2. The Kier molecular flexibility index (Phi) is 6.20. The van der Waals surface area contributed by atoms with E-state index in [1.165, 1.54) is 0 Å². The molecule has 0 saturated carbocycles. The summed E-state index contributed by atoms with van der Waals surface area (Å²) in [7, 11) is 1.81. The third kappa shape index (κ3) is 5.54. The van der Waals surface area contributed by atoms with Crippen LogP contribution in [-0.2, 0) is 7.05 Å². The van der Waals surface area contributed by atoms with Crippen LogP contribution in [-0.4, -0.2) is 38.0 Å². The SMILES string of the molecule is Cn1cc(-c2ccccc2Oc2ccc(C(=O)NC3CC(C)(C)NC(C)(C)C3)cc2Cl)nn1. The van der Waals surface area contributed by atoms with Crippen LogP contribution in [0.5, 0.6) is 11.5 Å². The molecule has 174 valence electrons. The van der Waals surface area contributed by atoms with Crippen molar-refractivity contribution in [3.8, 4) is 22.8 Å². The Morgan fingerprint density at radius 3 is 2.45 bits per heavy atom. The van der Waals surface area contributed by atoms with Crippen molar-refractivity contribution in [1.29, 1.82) is 0 Å². The van der Waals surface area contributed by atoms with Gasteiger partial charge in [-0.25, -0.2) is 0 Å². The zero-order valence-electron chi connectivity index (χ0n) is 19.6. The minimum atomic E-state index is -0.137. The summed E-state index contributed by atoms with van der Waals surface area (Å²) in [5.41, 5.74) is 1.91. The predicted molar refractivity (Wildman–Crippen MR) is 130 cm³/mol. The molecule has 0 unspecified atom stereocenters. The number of rotatable bonds is 5. The lowest BCUT2D eigenvalue weighted by Gasteiger charge is -2.46. The highest BCUT2D eigenvalue weighted by Gasteiger charge is 2.38. The fourth-order valence-corrected chi connectivity index (χ4v) is 4.99. The second kappa shape index (κ2) is 8.80. The standard InChI is InChI=1S/C25H30ClN5O2/c1-24(2)13-17(14-25(3,4)29-24)27-23(32)16-10-11-22(19(26)12-16)33-21-9-7-6-8-18(21)20-15-31(5)30-28-20/h6-12,15,17,29H,13-14H2,1-5H3,(H,27,32). The van der Waals surface area contributed by atoms with E-state index >= 15 is 0 Å². The molecular weight excluding hydrogens is 438 g/mol. The molecule has 0 atom stereocenters. The van der Waals surface area contributed by atoms with E-state index in [4.69, 9.17) is 16.3 Å². The lowest BCUT2D eigenvalue weighted by atomic mass is 9.79. The fourth-order valence-electron chi connectivity index (χ4n) is 4.77. The molecule has 2 heterocycles. The van der Waals surface area contributed by atoms with Gasteiger partial charge in [-0.2, -0.15) is 0 Å². The van der Waals surface area contributed by atoms with Gasteiger partial charge in [0.15, 0.2) is 0 Å². The van der Waals surface area contributed by atoms with E-state index in [0.29, 0.717) is 27.8 Å². The van der Waals surface area contributed by atoms with Gasteiger partial charge in [0.1, 0.15) is 17.2 Å². The minimum Gasteiger partial charge on any atom is -0.455 e. The number of hydrogen-bond donors (Lipinski definition) is 2. The summed E-state index contributed by atoms with van der Waals surface area (Å²) in [5.74, 6) is 0.937. The molecule has 7 nitrogen and oxygen atoms in total. The summed E-state index contributed by atoms with van der Waals surface area (Å²) in [4.78, 5) is 12.9. The first-order valence-electron chi connectivity index (χ1n) is 11.0. The van der Waals surface area contributed by atoms with Gasteiger partial charge >= 0.3 is 0 Å². The number of nitrogens with one attached hydrogen (secondary N) is 2. The molecule has 33 heavy (non-hydrogen) atoms. The first-order chi connectivity index (χ1) is 15.5. The van der Waals surface area contributed by atoms with Crippen LogP contribution in [0.25, 0.3) is 11.3 Å². The topological polar surface area (TPSA) is 81.1 Å². The summed E-state index contributed by atoms with van der Waals surface area (Å²) < 4.78 is 7.73. The zero-order chi connectivity index (χ0) is 23.8. The average molecular weight is 468 g/mol. The maximum atomic E-state index is 12.9. The van der Waals surface area contributed by atoms with Gasteiger partial charge in [0.05, 0.1) is 11.2 Å². The first kappa shape index (κ1) is 23.3. The number of nitrogens with zero attached hydrogens (tertiary/aromatic N) is 3. The van der Waals surface area contributed by atoms with Crippen molar-refractivity contribution in [2.24, 2.45) is 7.05 Å². The van der Waals surface area contributed by atoms with Crippen LogP contribution in [0.2, 0.25) is 5.02 Å². The summed E-state index contributed by atoms with van der Waals surface area (Å²) >= 11 is 6.51. The second-order valence-electron chi connectivity index (χ2n) is 9.99. The smallest absolute Gasteiger partial charge is 0.251 e. The molecule has 1 saturated heterocycles. The van der Waals surface area contributed by atoms with Gasteiger partial charge in [-0.15, -0.1) is 5.10 Å². The van der Waals surface area contributed by atoms with Gasteiger partial charge in [-0.05, 0) is 70.9 Å². The number of aromatic nitrogens is 3. The normalized spacial score (nSPS) is 17.5. The van der Waals surface area contributed by atoms with Crippen molar-refractivity contribution in [2.75, 3.05) is 0 Å². The molecule has 0 spiro atoms. The lowest BCUT2D eigenvalue weighted by Crippen LogP contribution is -2.62. The summed E-state index contributed by atoms with van der Waals surface area (Å²) in [6, 6.07) is 12.7. The van der Waals surface area contributed by atoms with E-state index in [1.807, 2.05) is 37.5 Å². The van der Waals surface area contributed by atoms with Crippen molar-refractivity contribution in [3.05, 3.63) is 59.2 Å². The highest BCUT2D eigenvalue weighted by atomic mass is 35.5. The highest BCUT2D eigenvalue weighted by Crippen LogP contribution is 2.36. The lowest BCUT2D eigenvalue weighted by molar-refractivity contribution is 0.0873. The van der Waals surface area contributed by atoms with Crippen LogP contribution in [0.4, 0.5) is 0 Å². The molecule has 1 fully saturated rings. The van der Waals surface area contributed by atoms with Gasteiger partial charge in [-0.3, -0.25) is 9.48 Å². The Bertz CT molecular complexity index is 1160. The molecule has 4 rings (SSSR count). The number of amides is 1.